The Hall–Kier alpha value is -1.39. The molecule has 0 aliphatic heterocycles. The average Bonchev–Trinajstić information content (AvgIpc) is 2.66. The van der Waals surface area contributed by atoms with E-state index in [1.54, 1.807) is 10.9 Å². The summed E-state index contributed by atoms with van der Waals surface area (Å²) in [5.41, 5.74) is 0.0436. The first kappa shape index (κ1) is 11.1. The van der Waals surface area contributed by atoms with Gasteiger partial charge in [-0.25, -0.2) is 9.48 Å². The summed E-state index contributed by atoms with van der Waals surface area (Å²) in [6.07, 6.45) is 10.00. The molecule has 5 heteroatoms. The first-order chi connectivity index (χ1) is 7.77. The largest absolute Gasteiger partial charge is 0.476 e. The summed E-state index contributed by atoms with van der Waals surface area (Å²) in [6, 6.07) is 0.334. The molecule has 1 heterocycles. The van der Waals surface area contributed by atoms with Gasteiger partial charge in [-0.15, -0.1) is 5.10 Å². The molecule has 1 N–H and O–H groups in total. The lowest BCUT2D eigenvalue weighted by Gasteiger charge is -2.19. The van der Waals surface area contributed by atoms with Crippen molar-refractivity contribution in [2.45, 2.75) is 51.0 Å². The number of aromatic carboxylic acids is 1. The normalized spacial score (nSPS) is 19.0. The second kappa shape index (κ2) is 5.09. The highest BCUT2D eigenvalue weighted by Crippen LogP contribution is 2.25. The van der Waals surface area contributed by atoms with Crippen LogP contribution in [-0.2, 0) is 0 Å². The number of carboxylic acid groups (broad SMARTS) is 1. The molecular formula is C11H17N3O2. The van der Waals surface area contributed by atoms with E-state index in [0.717, 1.165) is 12.8 Å². The Kier molecular flexibility index (Phi) is 3.54. The van der Waals surface area contributed by atoms with Crippen LogP contribution in [0.1, 0.15) is 61.5 Å². The molecular weight excluding hydrogens is 206 g/mol. The van der Waals surface area contributed by atoms with Crippen LogP contribution in [0.25, 0.3) is 0 Å². The number of hydrogen-bond donors (Lipinski definition) is 1. The minimum absolute atomic E-state index is 0.0436. The lowest BCUT2D eigenvalue weighted by atomic mass is 9.97. The SMILES string of the molecule is O=C(O)c1cn(C2CCCCCCC2)nn1. The van der Waals surface area contributed by atoms with Crippen molar-refractivity contribution in [3.05, 3.63) is 11.9 Å². The van der Waals surface area contributed by atoms with Crippen molar-refractivity contribution in [2.75, 3.05) is 0 Å². The Morgan fingerprint density at radius 1 is 1.25 bits per heavy atom. The lowest BCUT2D eigenvalue weighted by molar-refractivity contribution is 0.0690. The molecule has 16 heavy (non-hydrogen) atoms. The Morgan fingerprint density at radius 2 is 1.88 bits per heavy atom. The third-order valence-electron chi connectivity index (χ3n) is 3.18. The molecule has 1 aromatic rings. The van der Waals surface area contributed by atoms with Crippen LogP contribution in [0, 0.1) is 0 Å². The Labute approximate surface area is 94.5 Å². The molecule has 0 amide bonds. The minimum Gasteiger partial charge on any atom is -0.476 e. The number of carboxylic acids is 1. The van der Waals surface area contributed by atoms with Crippen LogP contribution in [0.15, 0.2) is 6.20 Å². The molecule has 0 atom stereocenters. The molecule has 0 spiro atoms. The topological polar surface area (TPSA) is 68.0 Å². The second-order valence-electron chi connectivity index (χ2n) is 4.39. The van der Waals surface area contributed by atoms with Crippen LogP contribution in [0.5, 0.6) is 0 Å². The van der Waals surface area contributed by atoms with E-state index < -0.39 is 5.97 Å². The van der Waals surface area contributed by atoms with Crippen LogP contribution in [0.4, 0.5) is 0 Å². The molecule has 0 radical (unpaired) electrons. The molecule has 88 valence electrons. The molecule has 1 aliphatic rings. The molecule has 1 aromatic heterocycles. The van der Waals surface area contributed by atoms with E-state index >= 15 is 0 Å². The van der Waals surface area contributed by atoms with Gasteiger partial charge in [0.1, 0.15) is 0 Å². The van der Waals surface area contributed by atoms with Gasteiger partial charge in [-0.3, -0.25) is 0 Å². The Morgan fingerprint density at radius 3 is 2.44 bits per heavy atom. The number of nitrogens with zero attached hydrogens (tertiary/aromatic N) is 3. The van der Waals surface area contributed by atoms with Gasteiger partial charge in [0.2, 0.25) is 0 Å². The smallest absolute Gasteiger partial charge is 0.358 e. The van der Waals surface area contributed by atoms with Crippen LogP contribution < -0.4 is 0 Å². The van der Waals surface area contributed by atoms with Crippen molar-refractivity contribution < 1.29 is 9.90 Å². The van der Waals surface area contributed by atoms with E-state index in [-0.39, 0.29) is 5.69 Å². The Balaban J connectivity index is 2.05. The van der Waals surface area contributed by atoms with Gasteiger partial charge in [0.15, 0.2) is 5.69 Å². The fourth-order valence-electron chi connectivity index (χ4n) is 2.25. The molecule has 2 rings (SSSR count). The van der Waals surface area contributed by atoms with Gasteiger partial charge in [-0.2, -0.15) is 0 Å². The van der Waals surface area contributed by atoms with Gasteiger partial charge in [0.05, 0.1) is 12.2 Å². The highest BCUT2D eigenvalue weighted by Gasteiger charge is 2.16. The average molecular weight is 223 g/mol. The number of rotatable bonds is 2. The second-order valence-corrected chi connectivity index (χ2v) is 4.39. The van der Waals surface area contributed by atoms with Gasteiger partial charge >= 0.3 is 5.97 Å². The van der Waals surface area contributed by atoms with E-state index in [2.05, 4.69) is 10.3 Å². The third kappa shape index (κ3) is 2.59. The molecule has 0 bridgehead atoms. The predicted molar refractivity (Wildman–Crippen MR) is 58.3 cm³/mol. The fourth-order valence-corrected chi connectivity index (χ4v) is 2.25. The van der Waals surface area contributed by atoms with Crippen molar-refractivity contribution in [2.24, 2.45) is 0 Å². The highest BCUT2D eigenvalue weighted by atomic mass is 16.4. The van der Waals surface area contributed by atoms with Gasteiger partial charge in [-0.1, -0.05) is 37.3 Å². The summed E-state index contributed by atoms with van der Waals surface area (Å²) in [5, 5.41) is 16.4. The maximum atomic E-state index is 10.7. The number of carbonyl (C=O) groups is 1. The van der Waals surface area contributed by atoms with Gasteiger partial charge < -0.3 is 5.11 Å². The molecule has 1 fully saturated rings. The quantitative estimate of drug-likeness (QED) is 0.835. The first-order valence-electron chi connectivity index (χ1n) is 5.92. The zero-order chi connectivity index (χ0) is 11.4. The maximum Gasteiger partial charge on any atom is 0.358 e. The van der Waals surface area contributed by atoms with Gasteiger partial charge in [0, 0.05) is 0 Å². The summed E-state index contributed by atoms with van der Waals surface area (Å²) in [4.78, 5) is 10.7. The monoisotopic (exact) mass is 223 g/mol. The van der Waals surface area contributed by atoms with Gasteiger partial charge in [0.25, 0.3) is 0 Å². The molecule has 5 nitrogen and oxygen atoms in total. The summed E-state index contributed by atoms with van der Waals surface area (Å²) in [7, 11) is 0. The molecule has 1 saturated carbocycles. The van der Waals surface area contributed by atoms with E-state index in [0.29, 0.717) is 6.04 Å². The van der Waals surface area contributed by atoms with Crippen LogP contribution in [-0.4, -0.2) is 26.1 Å². The molecule has 0 unspecified atom stereocenters. The highest BCUT2D eigenvalue weighted by molar-refractivity contribution is 5.84. The van der Waals surface area contributed by atoms with Crippen molar-refractivity contribution >= 4 is 5.97 Å². The third-order valence-corrected chi connectivity index (χ3v) is 3.18. The number of hydrogen-bond acceptors (Lipinski definition) is 3. The van der Waals surface area contributed by atoms with Crippen LogP contribution in [0.3, 0.4) is 0 Å². The maximum absolute atomic E-state index is 10.7. The van der Waals surface area contributed by atoms with E-state index in [1.165, 1.54) is 32.1 Å². The summed E-state index contributed by atoms with van der Waals surface area (Å²) >= 11 is 0. The van der Waals surface area contributed by atoms with Crippen molar-refractivity contribution in [1.29, 1.82) is 0 Å². The van der Waals surface area contributed by atoms with E-state index in [9.17, 15) is 4.79 Å². The van der Waals surface area contributed by atoms with Crippen LogP contribution in [0.2, 0.25) is 0 Å². The standard InChI is InChI=1S/C11H17N3O2/c15-11(16)10-8-14(13-12-10)9-6-4-2-1-3-5-7-9/h8-9H,1-7H2,(H,15,16). The van der Waals surface area contributed by atoms with Crippen LogP contribution >= 0.6 is 0 Å². The summed E-state index contributed by atoms with van der Waals surface area (Å²) in [5.74, 6) is -1.00. The zero-order valence-electron chi connectivity index (χ0n) is 9.30. The van der Waals surface area contributed by atoms with Gasteiger partial charge in [-0.05, 0) is 12.8 Å². The first-order valence-corrected chi connectivity index (χ1v) is 5.92. The zero-order valence-corrected chi connectivity index (χ0v) is 9.30. The molecule has 1 aliphatic carbocycles. The molecule has 0 saturated heterocycles. The minimum atomic E-state index is -1.00. The summed E-state index contributed by atoms with van der Waals surface area (Å²) < 4.78 is 1.73. The van der Waals surface area contributed by atoms with Crippen molar-refractivity contribution in [3.63, 3.8) is 0 Å². The number of aromatic nitrogens is 3. The fraction of sp³-hybridized carbons (Fsp3) is 0.727. The summed E-state index contributed by atoms with van der Waals surface area (Å²) in [6.45, 7) is 0. The van der Waals surface area contributed by atoms with E-state index in [1.807, 2.05) is 0 Å². The van der Waals surface area contributed by atoms with Crippen molar-refractivity contribution in [3.8, 4) is 0 Å². The van der Waals surface area contributed by atoms with E-state index in [4.69, 9.17) is 5.11 Å². The Bertz CT molecular complexity index is 354. The lowest BCUT2D eigenvalue weighted by Crippen LogP contribution is -2.11. The molecule has 0 aromatic carbocycles. The predicted octanol–water partition coefficient (Wildman–Crippen LogP) is 2.26. The van der Waals surface area contributed by atoms with Crippen molar-refractivity contribution in [1.82, 2.24) is 15.0 Å².